The third-order valence-electron chi connectivity index (χ3n) is 2.54. The molecule has 0 aliphatic heterocycles. The van der Waals surface area contributed by atoms with Crippen molar-refractivity contribution in [2.75, 3.05) is 11.9 Å². The van der Waals surface area contributed by atoms with Crippen LogP contribution in [-0.2, 0) is 6.42 Å². The summed E-state index contributed by atoms with van der Waals surface area (Å²) in [5.74, 6) is 0.460. The van der Waals surface area contributed by atoms with Crippen molar-refractivity contribution in [2.24, 2.45) is 10.7 Å². The number of aromatic nitrogens is 1. The van der Waals surface area contributed by atoms with Crippen molar-refractivity contribution in [1.29, 1.82) is 0 Å². The Morgan fingerprint density at radius 1 is 1.37 bits per heavy atom. The molecule has 100 valence electrons. The van der Waals surface area contributed by atoms with Crippen molar-refractivity contribution in [2.45, 2.75) is 19.8 Å². The number of aryl methyl sites for hydroxylation is 2. The maximum atomic E-state index is 5.82. The van der Waals surface area contributed by atoms with E-state index in [0.29, 0.717) is 12.5 Å². The maximum absolute atomic E-state index is 5.82. The van der Waals surface area contributed by atoms with Crippen LogP contribution in [0.5, 0.6) is 0 Å². The molecule has 0 amide bonds. The lowest BCUT2D eigenvalue weighted by molar-refractivity contribution is 0.823. The van der Waals surface area contributed by atoms with E-state index in [-0.39, 0.29) is 0 Å². The lowest BCUT2D eigenvalue weighted by Crippen LogP contribution is -2.22. The molecule has 1 aromatic carbocycles. The molecule has 0 fully saturated rings. The van der Waals surface area contributed by atoms with Gasteiger partial charge in [-0.1, -0.05) is 18.2 Å². The molecule has 3 N–H and O–H groups in total. The van der Waals surface area contributed by atoms with Crippen LogP contribution in [0.25, 0.3) is 0 Å². The van der Waals surface area contributed by atoms with Crippen LogP contribution in [-0.4, -0.2) is 17.5 Å². The van der Waals surface area contributed by atoms with Gasteiger partial charge in [0.25, 0.3) is 0 Å². The van der Waals surface area contributed by atoms with Crippen LogP contribution in [0.3, 0.4) is 0 Å². The minimum Gasteiger partial charge on any atom is -0.370 e. The Morgan fingerprint density at radius 2 is 2.16 bits per heavy atom. The van der Waals surface area contributed by atoms with Crippen LogP contribution < -0.4 is 11.1 Å². The molecule has 0 radical (unpaired) electrons. The van der Waals surface area contributed by atoms with Gasteiger partial charge in [0.15, 0.2) is 5.96 Å². The highest BCUT2D eigenvalue weighted by Crippen LogP contribution is 2.10. The summed E-state index contributed by atoms with van der Waals surface area (Å²) in [5, 5.41) is 6.30. The largest absolute Gasteiger partial charge is 0.370 e. The van der Waals surface area contributed by atoms with E-state index >= 15 is 0 Å². The average molecular weight is 274 g/mol. The molecule has 1 aromatic heterocycles. The van der Waals surface area contributed by atoms with Crippen LogP contribution >= 0.6 is 11.3 Å². The lowest BCUT2D eigenvalue weighted by atomic mass is 10.3. The van der Waals surface area contributed by atoms with Crippen LogP contribution in [0, 0.1) is 6.92 Å². The van der Waals surface area contributed by atoms with Crippen LogP contribution in [0.15, 0.2) is 40.7 Å². The molecule has 4 nitrogen and oxygen atoms in total. The monoisotopic (exact) mass is 274 g/mol. The molecular weight excluding hydrogens is 256 g/mol. The Labute approximate surface area is 117 Å². The van der Waals surface area contributed by atoms with E-state index in [1.807, 2.05) is 37.3 Å². The second-order valence-corrected chi connectivity index (χ2v) is 5.19. The molecular formula is C14H18N4S. The van der Waals surface area contributed by atoms with E-state index in [0.717, 1.165) is 24.2 Å². The summed E-state index contributed by atoms with van der Waals surface area (Å²) in [6.45, 7) is 2.73. The number of benzene rings is 1. The molecule has 0 spiro atoms. The Morgan fingerprint density at radius 3 is 2.84 bits per heavy atom. The second kappa shape index (κ2) is 6.89. The number of para-hydroxylation sites is 1. The highest BCUT2D eigenvalue weighted by atomic mass is 32.1. The summed E-state index contributed by atoms with van der Waals surface area (Å²) < 4.78 is 0. The first kappa shape index (κ1) is 13.5. The molecule has 1 heterocycles. The number of nitrogens with two attached hydrogens (primary N) is 1. The highest BCUT2D eigenvalue weighted by Gasteiger charge is 1.98. The SMILES string of the molecule is Cc1csc(CCCN=C(N)Nc2ccccc2)n1. The minimum atomic E-state index is 0.460. The van der Waals surface area contributed by atoms with E-state index in [1.165, 1.54) is 5.01 Å². The molecule has 0 aliphatic carbocycles. The number of aliphatic imine (C=N–C) groups is 1. The van der Waals surface area contributed by atoms with Crippen molar-refractivity contribution in [3.05, 3.63) is 46.4 Å². The number of rotatable bonds is 5. The Kier molecular flexibility index (Phi) is 4.92. The van der Waals surface area contributed by atoms with E-state index < -0.39 is 0 Å². The van der Waals surface area contributed by atoms with Gasteiger partial charge >= 0.3 is 0 Å². The smallest absolute Gasteiger partial charge is 0.193 e. The zero-order valence-corrected chi connectivity index (χ0v) is 11.8. The third-order valence-corrected chi connectivity index (χ3v) is 3.57. The fourth-order valence-electron chi connectivity index (χ4n) is 1.66. The van der Waals surface area contributed by atoms with Gasteiger partial charge in [-0.3, -0.25) is 4.99 Å². The van der Waals surface area contributed by atoms with E-state index in [4.69, 9.17) is 5.73 Å². The molecule has 0 atom stereocenters. The van der Waals surface area contributed by atoms with Crippen LogP contribution in [0.2, 0.25) is 0 Å². The molecule has 0 bridgehead atoms. The third kappa shape index (κ3) is 4.71. The van der Waals surface area contributed by atoms with Gasteiger partial charge in [-0.25, -0.2) is 4.98 Å². The average Bonchev–Trinajstić information content (AvgIpc) is 2.82. The topological polar surface area (TPSA) is 63.3 Å². The summed E-state index contributed by atoms with van der Waals surface area (Å²) in [6, 6.07) is 9.80. The predicted octanol–water partition coefficient (Wildman–Crippen LogP) is 2.81. The highest BCUT2D eigenvalue weighted by molar-refractivity contribution is 7.09. The lowest BCUT2D eigenvalue weighted by Gasteiger charge is -2.04. The van der Waals surface area contributed by atoms with Gasteiger partial charge in [-0.05, 0) is 25.5 Å². The van der Waals surface area contributed by atoms with E-state index in [2.05, 4.69) is 20.7 Å². The number of guanidine groups is 1. The van der Waals surface area contributed by atoms with Gasteiger partial charge in [0.1, 0.15) is 0 Å². The predicted molar refractivity (Wildman–Crippen MR) is 81.7 cm³/mol. The number of nitrogens with one attached hydrogen (secondary N) is 1. The normalized spacial score (nSPS) is 11.5. The van der Waals surface area contributed by atoms with Crippen molar-refractivity contribution < 1.29 is 0 Å². The molecule has 2 aromatic rings. The Balaban J connectivity index is 1.73. The fraction of sp³-hybridized carbons (Fsp3) is 0.286. The fourth-order valence-corrected chi connectivity index (χ4v) is 2.47. The summed E-state index contributed by atoms with van der Waals surface area (Å²) in [5.41, 5.74) is 7.86. The van der Waals surface area contributed by atoms with Gasteiger partial charge in [0, 0.05) is 29.7 Å². The first-order valence-electron chi connectivity index (χ1n) is 6.27. The van der Waals surface area contributed by atoms with E-state index in [9.17, 15) is 0 Å². The molecule has 0 saturated heterocycles. The molecule has 0 aliphatic rings. The maximum Gasteiger partial charge on any atom is 0.193 e. The summed E-state index contributed by atoms with van der Waals surface area (Å²) >= 11 is 1.70. The quantitative estimate of drug-likeness (QED) is 0.500. The van der Waals surface area contributed by atoms with Crippen molar-refractivity contribution in [3.63, 3.8) is 0 Å². The summed E-state index contributed by atoms with van der Waals surface area (Å²) in [7, 11) is 0. The van der Waals surface area contributed by atoms with Crippen molar-refractivity contribution in [3.8, 4) is 0 Å². The molecule has 2 rings (SSSR count). The number of thiazole rings is 1. The molecule has 5 heteroatoms. The summed E-state index contributed by atoms with van der Waals surface area (Å²) in [6.07, 6.45) is 1.92. The van der Waals surface area contributed by atoms with Gasteiger partial charge in [0.2, 0.25) is 0 Å². The molecule has 0 saturated carbocycles. The first-order chi connectivity index (χ1) is 9.24. The van der Waals surface area contributed by atoms with Gasteiger partial charge < -0.3 is 11.1 Å². The minimum absolute atomic E-state index is 0.460. The zero-order valence-electron chi connectivity index (χ0n) is 11.0. The Bertz CT molecular complexity index is 533. The number of hydrogen-bond acceptors (Lipinski definition) is 3. The van der Waals surface area contributed by atoms with Gasteiger partial charge in [0.05, 0.1) is 5.01 Å². The van der Waals surface area contributed by atoms with Gasteiger partial charge in [-0.2, -0.15) is 0 Å². The van der Waals surface area contributed by atoms with Crippen molar-refractivity contribution in [1.82, 2.24) is 4.98 Å². The Hall–Kier alpha value is -1.88. The van der Waals surface area contributed by atoms with Crippen LogP contribution in [0.1, 0.15) is 17.1 Å². The first-order valence-corrected chi connectivity index (χ1v) is 7.15. The molecule has 19 heavy (non-hydrogen) atoms. The van der Waals surface area contributed by atoms with E-state index in [1.54, 1.807) is 11.3 Å². The van der Waals surface area contributed by atoms with Crippen LogP contribution in [0.4, 0.5) is 5.69 Å². The zero-order chi connectivity index (χ0) is 13.5. The number of anilines is 1. The standard InChI is InChI=1S/C14H18N4S/c1-11-10-19-13(17-11)8-5-9-16-14(15)18-12-6-3-2-4-7-12/h2-4,6-7,10H,5,8-9H2,1H3,(H3,15,16,18). The van der Waals surface area contributed by atoms with Crippen molar-refractivity contribution >= 4 is 23.0 Å². The summed E-state index contributed by atoms with van der Waals surface area (Å²) in [4.78, 5) is 8.72. The second-order valence-electron chi connectivity index (χ2n) is 4.24. The number of hydrogen-bond donors (Lipinski definition) is 2. The molecule has 0 unspecified atom stereocenters. The van der Waals surface area contributed by atoms with Gasteiger partial charge in [-0.15, -0.1) is 11.3 Å². The number of nitrogens with zero attached hydrogens (tertiary/aromatic N) is 2.